The zero-order valence-corrected chi connectivity index (χ0v) is 17.4. The zero-order chi connectivity index (χ0) is 22.4. The molecule has 3 N–H and O–H groups in total. The third kappa shape index (κ3) is 5.71. The monoisotopic (exact) mass is 426 g/mol. The van der Waals surface area contributed by atoms with Crippen LogP contribution in [0.1, 0.15) is 36.5 Å². The van der Waals surface area contributed by atoms with Crippen LogP contribution in [-0.4, -0.2) is 36.4 Å². The first kappa shape index (κ1) is 22.1. The highest BCUT2D eigenvalue weighted by Gasteiger charge is 2.25. The van der Waals surface area contributed by atoms with Crippen LogP contribution in [0.5, 0.6) is 5.75 Å². The van der Waals surface area contributed by atoms with Gasteiger partial charge in [0.15, 0.2) is 0 Å². The van der Waals surface area contributed by atoms with Crippen molar-refractivity contribution in [1.82, 2.24) is 0 Å². The molecule has 164 valence electrons. The number of piperidine rings is 1. The number of carbonyl (C=O) groups is 2. The lowest BCUT2D eigenvalue weighted by Crippen LogP contribution is -2.33. The Labute approximate surface area is 180 Å². The lowest BCUT2D eigenvalue weighted by molar-refractivity contribution is -0.384. The molecule has 31 heavy (non-hydrogen) atoms. The molecule has 2 amide bonds. The Hall–Kier alpha value is -3.62. The van der Waals surface area contributed by atoms with Crippen LogP contribution < -0.4 is 20.7 Å². The van der Waals surface area contributed by atoms with Gasteiger partial charge in [0.05, 0.1) is 23.6 Å². The number of primary amides is 1. The second-order valence-electron chi connectivity index (χ2n) is 7.65. The number of benzene rings is 2. The maximum atomic E-state index is 12.8. The van der Waals surface area contributed by atoms with Crippen LogP contribution >= 0.6 is 0 Å². The number of nitrogens with two attached hydrogens (primary N) is 1. The third-order valence-electron chi connectivity index (χ3n) is 5.30. The van der Waals surface area contributed by atoms with E-state index in [1.807, 2.05) is 4.90 Å². The number of nitrogens with one attached hydrogen (secondary N) is 1. The molecule has 1 heterocycles. The summed E-state index contributed by atoms with van der Waals surface area (Å²) in [6.45, 7) is 3.76. The van der Waals surface area contributed by atoms with Crippen molar-refractivity contribution >= 4 is 28.9 Å². The van der Waals surface area contributed by atoms with E-state index >= 15 is 0 Å². The van der Waals surface area contributed by atoms with Crippen LogP contribution in [0.3, 0.4) is 0 Å². The standard InChI is InChI=1S/C22H26N4O5/c1-15-8-11-25(12-9-15)18-7-6-16(14-19(18)26(29)30)22(28)24-17-4-2-3-5-20(17)31-13-10-21(23)27/h2-7,14-15H,8-13H2,1H3,(H2,23,27)(H,24,28). The molecule has 1 saturated heterocycles. The Morgan fingerprint density at radius 2 is 1.94 bits per heavy atom. The van der Waals surface area contributed by atoms with Crippen LogP contribution in [0.25, 0.3) is 0 Å². The average Bonchev–Trinajstić information content (AvgIpc) is 2.75. The number of ether oxygens (including phenoxy) is 1. The van der Waals surface area contributed by atoms with E-state index in [0.717, 1.165) is 25.9 Å². The van der Waals surface area contributed by atoms with Gasteiger partial charge in [-0.25, -0.2) is 0 Å². The Morgan fingerprint density at radius 1 is 1.23 bits per heavy atom. The fraction of sp³-hybridized carbons (Fsp3) is 0.364. The summed E-state index contributed by atoms with van der Waals surface area (Å²) in [5, 5.41) is 14.4. The molecule has 0 unspecified atom stereocenters. The van der Waals surface area contributed by atoms with Gasteiger partial charge in [0.25, 0.3) is 11.6 Å². The molecule has 0 aromatic heterocycles. The van der Waals surface area contributed by atoms with Gasteiger partial charge in [0.1, 0.15) is 11.4 Å². The van der Waals surface area contributed by atoms with Gasteiger partial charge in [-0.05, 0) is 43.0 Å². The third-order valence-corrected chi connectivity index (χ3v) is 5.30. The highest BCUT2D eigenvalue weighted by Crippen LogP contribution is 2.33. The second-order valence-corrected chi connectivity index (χ2v) is 7.65. The minimum absolute atomic E-state index is 0.0468. The van der Waals surface area contributed by atoms with Crippen LogP contribution in [0.2, 0.25) is 0 Å². The fourth-order valence-corrected chi connectivity index (χ4v) is 3.48. The number of hydrogen-bond donors (Lipinski definition) is 2. The molecule has 0 bridgehead atoms. The van der Waals surface area contributed by atoms with Crippen molar-refractivity contribution < 1.29 is 19.2 Å². The number of nitro groups is 1. The van der Waals surface area contributed by atoms with E-state index in [1.54, 1.807) is 36.4 Å². The second kappa shape index (κ2) is 9.92. The molecule has 3 rings (SSSR count). The summed E-state index contributed by atoms with van der Waals surface area (Å²) in [7, 11) is 0. The maximum Gasteiger partial charge on any atom is 0.293 e. The lowest BCUT2D eigenvalue weighted by Gasteiger charge is -2.31. The molecule has 2 aromatic rings. The normalized spacial score (nSPS) is 14.2. The van der Waals surface area contributed by atoms with Gasteiger partial charge in [-0.2, -0.15) is 0 Å². The van der Waals surface area contributed by atoms with Gasteiger partial charge in [0, 0.05) is 24.7 Å². The van der Waals surface area contributed by atoms with Gasteiger partial charge in [-0.3, -0.25) is 19.7 Å². The number of amides is 2. The Bertz CT molecular complexity index is 970. The van der Waals surface area contributed by atoms with E-state index in [0.29, 0.717) is 23.0 Å². The van der Waals surface area contributed by atoms with E-state index in [2.05, 4.69) is 12.2 Å². The summed E-state index contributed by atoms with van der Waals surface area (Å²) >= 11 is 0. The molecule has 2 aromatic carbocycles. The molecule has 1 aliphatic heterocycles. The Morgan fingerprint density at radius 3 is 2.61 bits per heavy atom. The molecular formula is C22H26N4O5. The predicted octanol–water partition coefficient (Wildman–Crippen LogP) is 3.34. The van der Waals surface area contributed by atoms with Crippen molar-refractivity contribution in [3.8, 4) is 5.75 Å². The maximum absolute atomic E-state index is 12.8. The minimum Gasteiger partial charge on any atom is -0.491 e. The summed E-state index contributed by atoms with van der Waals surface area (Å²) in [5.41, 5.74) is 6.13. The van der Waals surface area contributed by atoms with E-state index in [-0.39, 0.29) is 24.3 Å². The fourth-order valence-electron chi connectivity index (χ4n) is 3.48. The molecule has 0 spiro atoms. The molecule has 1 aliphatic rings. The average molecular weight is 426 g/mol. The molecule has 0 aliphatic carbocycles. The van der Waals surface area contributed by atoms with E-state index in [4.69, 9.17) is 10.5 Å². The van der Waals surface area contributed by atoms with E-state index in [1.165, 1.54) is 6.07 Å². The molecule has 9 nitrogen and oxygen atoms in total. The Kier molecular flexibility index (Phi) is 7.07. The first-order valence-electron chi connectivity index (χ1n) is 10.2. The van der Waals surface area contributed by atoms with Gasteiger partial charge in [0.2, 0.25) is 5.91 Å². The van der Waals surface area contributed by atoms with Gasteiger partial charge < -0.3 is 20.7 Å². The van der Waals surface area contributed by atoms with Crippen molar-refractivity contribution in [3.05, 3.63) is 58.1 Å². The topological polar surface area (TPSA) is 128 Å². The predicted molar refractivity (Wildman–Crippen MR) is 117 cm³/mol. The molecule has 0 atom stereocenters. The number of anilines is 2. The number of carbonyl (C=O) groups excluding carboxylic acids is 2. The minimum atomic E-state index is -0.493. The summed E-state index contributed by atoms with van der Waals surface area (Å²) in [6, 6.07) is 11.3. The number of hydrogen-bond acceptors (Lipinski definition) is 6. The summed E-state index contributed by atoms with van der Waals surface area (Å²) in [4.78, 5) is 36.9. The molecule has 0 saturated carbocycles. The number of para-hydroxylation sites is 2. The van der Waals surface area contributed by atoms with Crippen LogP contribution in [-0.2, 0) is 4.79 Å². The lowest BCUT2D eigenvalue weighted by atomic mass is 9.98. The molecule has 1 fully saturated rings. The number of nitro benzene ring substituents is 1. The van der Waals surface area contributed by atoms with Crippen LogP contribution in [0.15, 0.2) is 42.5 Å². The van der Waals surface area contributed by atoms with E-state index < -0.39 is 16.7 Å². The van der Waals surface area contributed by atoms with Crippen molar-refractivity contribution in [3.63, 3.8) is 0 Å². The molecule has 9 heteroatoms. The summed E-state index contributed by atoms with van der Waals surface area (Å²) in [6.07, 6.45) is 2.00. The van der Waals surface area contributed by atoms with Crippen molar-refractivity contribution in [2.45, 2.75) is 26.2 Å². The van der Waals surface area contributed by atoms with Crippen LogP contribution in [0, 0.1) is 16.0 Å². The zero-order valence-electron chi connectivity index (χ0n) is 17.4. The summed E-state index contributed by atoms with van der Waals surface area (Å²) in [5.74, 6) is 0.00113. The van der Waals surface area contributed by atoms with Gasteiger partial charge in [-0.15, -0.1) is 0 Å². The first-order chi connectivity index (χ1) is 14.8. The smallest absolute Gasteiger partial charge is 0.293 e. The quantitative estimate of drug-likeness (QED) is 0.492. The van der Waals surface area contributed by atoms with E-state index in [9.17, 15) is 19.7 Å². The van der Waals surface area contributed by atoms with Crippen molar-refractivity contribution in [1.29, 1.82) is 0 Å². The largest absolute Gasteiger partial charge is 0.491 e. The number of rotatable bonds is 8. The highest BCUT2D eigenvalue weighted by molar-refractivity contribution is 6.05. The van der Waals surface area contributed by atoms with Gasteiger partial charge >= 0.3 is 0 Å². The molecular weight excluding hydrogens is 400 g/mol. The van der Waals surface area contributed by atoms with Gasteiger partial charge in [-0.1, -0.05) is 19.1 Å². The number of nitrogens with zero attached hydrogens (tertiary/aromatic N) is 2. The first-order valence-corrected chi connectivity index (χ1v) is 10.2. The highest BCUT2D eigenvalue weighted by atomic mass is 16.6. The Balaban J connectivity index is 1.77. The van der Waals surface area contributed by atoms with Crippen LogP contribution in [0.4, 0.5) is 17.1 Å². The SMILES string of the molecule is CC1CCN(c2ccc(C(=O)Nc3ccccc3OCCC(N)=O)cc2[N+](=O)[O-])CC1. The molecule has 0 radical (unpaired) electrons. The summed E-state index contributed by atoms with van der Waals surface area (Å²) < 4.78 is 5.52. The van der Waals surface area contributed by atoms with Crippen molar-refractivity contribution in [2.75, 3.05) is 29.9 Å². The van der Waals surface area contributed by atoms with Crippen molar-refractivity contribution in [2.24, 2.45) is 11.7 Å².